The lowest BCUT2D eigenvalue weighted by molar-refractivity contribution is -0.118. The van der Waals surface area contributed by atoms with Crippen LogP contribution >= 0.6 is 34.2 Å². The van der Waals surface area contributed by atoms with Gasteiger partial charge in [-0.05, 0) is 40.8 Å². The van der Waals surface area contributed by atoms with Gasteiger partial charge < -0.3 is 15.8 Å². The second-order valence-electron chi connectivity index (χ2n) is 3.47. The number of ether oxygens (including phenoxy) is 1. The molecular weight excluding hydrogens is 354 g/mol. The van der Waals surface area contributed by atoms with E-state index in [9.17, 15) is 4.79 Å². The third-order valence-corrected chi connectivity index (χ3v) is 3.20. The van der Waals surface area contributed by atoms with Crippen LogP contribution in [0.2, 0.25) is 5.02 Å². The summed E-state index contributed by atoms with van der Waals surface area (Å²) in [4.78, 5) is 11.7. The highest BCUT2D eigenvalue weighted by molar-refractivity contribution is 14.1. The van der Waals surface area contributed by atoms with E-state index < -0.39 is 0 Å². The number of anilines is 1. The maximum atomic E-state index is 11.7. The molecule has 3 N–H and O–H groups in total. The lowest BCUT2D eigenvalue weighted by atomic mass is 10.2. The number of benzene rings is 1. The number of nitrogens with two attached hydrogens (primary N) is 1. The molecule has 0 spiro atoms. The molecule has 1 aromatic rings. The van der Waals surface area contributed by atoms with Crippen molar-refractivity contribution in [3.63, 3.8) is 0 Å². The summed E-state index contributed by atoms with van der Waals surface area (Å²) < 4.78 is 6.05. The van der Waals surface area contributed by atoms with Gasteiger partial charge in [0, 0.05) is 17.2 Å². The maximum absolute atomic E-state index is 11.7. The Morgan fingerprint density at radius 1 is 1.65 bits per heavy atom. The van der Waals surface area contributed by atoms with Gasteiger partial charge in [-0.2, -0.15) is 0 Å². The Morgan fingerprint density at radius 2 is 2.35 bits per heavy atom. The van der Waals surface area contributed by atoms with Gasteiger partial charge in [0.1, 0.15) is 0 Å². The number of hydrogen-bond donors (Lipinski definition) is 2. The zero-order chi connectivity index (χ0) is 12.8. The van der Waals surface area contributed by atoms with E-state index in [1.165, 1.54) is 7.11 Å². The summed E-state index contributed by atoms with van der Waals surface area (Å²) in [6.45, 7) is 0.310. The van der Waals surface area contributed by atoms with Crippen LogP contribution in [-0.2, 0) is 9.53 Å². The molecule has 0 saturated carbocycles. The summed E-state index contributed by atoms with van der Waals surface area (Å²) in [5.74, 6) is -0.162. The highest BCUT2D eigenvalue weighted by atomic mass is 127. The van der Waals surface area contributed by atoms with Crippen LogP contribution in [0, 0.1) is 3.57 Å². The van der Waals surface area contributed by atoms with Gasteiger partial charge in [-0.3, -0.25) is 4.79 Å². The molecule has 1 atom stereocenters. The summed E-state index contributed by atoms with van der Waals surface area (Å²) in [6, 6.07) is 5.43. The van der Waals surface area contributed by atoms with Crippen LogP contribution < -0.4 is 11.1 Å². The van der Waals surface area contributed by atoms with Crippen molar-refractivity contribution in [2.24, 2.45) is 5.73 Å². The van der Waals surface area contributed by atoms with E-state index in [2.05, 4.69) is 27.9 Å². The van der Waals surface area contributed by atoms with Crippen molar-refractivity contribution in [3.8, 4) is 0 Å². The number of nitrogens with one attached hydrogen (secondary N) is 1. The lowest BCUT2D eigenvalue weighted by Crippen LogP contribution is -2.28. The summed E-state index contributed by atoms with van der Waals surface area (Å²) in [7, 11) is 1.53. The molecule has 4 nitrogen and oxygen atoms in total. The summed E-state index contributed by atoms with van der Waals surface area (Å²) in [6.07, 6.45) is -0.0485. The first kappa shape index (κ1) is 14.7. The van der Waals surface area contributed by atoms with Crippen LogP contribution in [0.15, 0.2) is 18.2 Å². The molecule has 0 aliphatic rings. The van der Waals surface area contributed by atoms with Crippen molar-refractivity contribution in [3.05, 3.63) is 26.8 Å². The Balaban J connectivity index is 2.62. The number of amides is 1. The zero-order valence-electron chi connectivity index (χ0n) is 9.37. The molecule has 1 unspecified atom stereocenters. The summed E-state index contributed by atoms with van der Waals surface area (Å²) in [5, 5.41) is 3.25. The maximum Gasteiger partial charge on any atom is 0.227 e. The fourth-order valence-electron chi connectivity index (χ4n) is 1.26. The second kappa shape index (κ2) is 7.15. The van der Waals surface area contributed by atoms with Gasteiger partial charge >= 0.3 is 0 Å². The first-order chi connectivity index (χ1) is 8.06. The molecule has 94 valence electrons. The van der Waals surface area contributed by atoms with Gasteiger partial charge in [0.15, 0.2) is 0 Å². The molecule has 0 aliphatic carbocycles. The van der Waals surface area contributed by atoms with Gasteiger partial charge in [-0.25, -0.2) is 0 Å². The predicted octanol–water partition coefficient (Wildman–Crippen LogP) is 2.25. The number of halogens is 2. The number of rotatable bonds is 5. The molecule has 0 fully saturated rings. The smallest absolute Gasteiger partial charge is 0.227 e. The molecule has 6 heteroatoms. The molecule has 0 aromatic heterocycles. The largest absolute Gasteiger partial charge is 0.380 e. The third kappa shape index (κ3) is 4.79. The normalized spacial score (nSPS) is 12.2. The molecular formula is C11H14ClIN2O2. The van der Waals surface area contributed by atoms with Crippen LogP contribution in [-0.4, -0.2) is 25.7 Å². The molecule has 1 amide bonds. The van der Waals surface area contributed by atoms with Crippen LogP contribution in [0.5, 0.6) is 0 Å². The van der Waals surface area contributed by atoms with E-state index in [4.69, 9.17) is 22.1 Å². The van der Waals surface area contributed by atoms with Gasteiger partial charge in [0.25, 0.3) is 0 Å². The Bertz CT molecular complexity index is 397. The Kier molecular flexibility index (Phi) is 6.18. The van der Waals surface area contributed by atoms with Gasteiger partial charge in [-0.15, -0.1) is 0 Å². The van der Waals surface area contributed by atoms with Gasteiger partial charge in [0.2, 0.25) is 5.91 Å². The highest BCUT2D eigenvalue weighted by Crippen LogP contribution is 2.24. The summed E-state index contributed by atoms with van der Waals surface area (Å²) in [5.41, 5.74) is 6.04. The number of methoxy groups -OCH3 is 1. The van der Waals surface area contributed by atoms with Crippen LogP contribution in [0.25, 0.3) is 0 Å². The van der Waals surface area contributed by atoms with Gasteiger partial charge in [0.05, 0.1) is 23.2 Å². The lowest BCUT2D eigenvalue weighted by Gasteiger charge is -2.13. The molecule has 0 aliphatic heterocycles. The van der Waals surface area contributed by atoms with E-state index in [-0.39, 0.29) is 18.4 Å². The van der Waals surface area contributed by atoms with E-state index in [0.29, 0.717) is 17.3 Å². The Morgan fingerprint density at radius 3 is 2.88 bits per heavy atom. The molecule has 0 radical (unpaired) electrons. The van der Waals surface area contributed by atoms with Crippen molar-refractivity contribution in [1.29, 1.82) is 0 Å². The van der Waals surface area contributed by atoms with Crippen LogP contribution in [0.3, 0.4) is 0 Å². The first-order valence-corrected chi connectivity index (χ1v) is 6.50. The number of carbonyl (C=O) groups is 1. The molecule has 0 saturated heterocycles. The van der Waals surface area contributed by atoms with E-state index in [0.717, 1.165) is 3.57 Å². The Labute approximate surface area is 119 Å². The fraction of sp³-hybridized carbons (Fsp3) is 0.364. The topological polar surface area (TPSA) is 64.3 Å². The molecule has 1 rings (SSSR count). The highest BCUT2D eigenvalue weighted by Gasteiger charge is 2.12. The minimum atomic E-state index is -0.266. The standard InChI is InChI=1S/C11H14ClIN2O2/c1-17-8(6-14)5-11(16)15-10-3-2-7(13)4-9(10)12/h2-4,8H,5-6,14H2,1H3,(H,15,16). The molecule has 17 heavy (non-hydrogen) atoms. The molecule has 1 aromatic carbocycles. The monoisotopic (exact) mass is 368 g/mol. The average molecular weight is 369 g/mol. The number of carbonyl (C=O) groups excluding carboxylic acids is 1. The average Bonchev–Trinajstić information content (AvgIpc) is 2.29. The van der Waals surface area contributed by atoms with Crippen molar-refractivity contribution in [2.45, 2.75) is 12.5 Å². The van der Waals surface area contributed by atoms with E-state index >= 15 is 0 Å². The Hall–Kier alpha value is -0.370. The molecule has 0 bridgehead atoms. The van der Waals surface area contributed by atoms with Crippen molar-refractivity contribution < 1.29 is 9.53 Å². The molecule has 0 heterocycles. The zero-order valence-corrected chi connectivity index (χ0v) is 12.3. The van der Waals surface area contributed by atoms with Crippen molar-refractivity contribution in [2.75, 3.05) is 19.0 Å². The third-order valence-electron chi connectivity index (χ3n) is 2.21. The first-order valence-electron chi connectivity index (χ1n) is 5.04. The van der Waals surface area contributed by atoms with Gasteiger partial charge in [-0.1, -0.05) is 11.6 Å². The second-order valence-corrected chi connectivity index (χ2v) is 5.12. The van der Waals surface area contributed by atoms with Crippen LogP contribution in [0.4, 0.5) is 5.69 Å². The fourth-order valence-corrected chi connectivity index (χ4v) is 2.16. The van der Waals surface area contributed by atoms with Crippen molar-refractivity contribution >= 4 is 45.8 Å². The predicted molar refractivity (Wildman–Crippen MR) is 77.3 cm³/mol. The quantitative estimate of drug-likeness (QED) is 0.784. The van der Waals surface area contributed by atoms with E-state index in [1.54, 1.807) is 12.1 Å². The SMILES string of the molecule is COC(CN)CC(=O)Nc1ccc(I)cc1Cl. The minimum absolute atomic E-state index is 0.162. The minimum Gasteiger partial charge on any atom is -0.380 e. The summed E-state index contributed by atoms with van der Waals surface area (Å²) >= 11 is 8.16. The van der Waals surface area contributed by atoms with E-state index in [1.807, 2.05) is 6.07 Å². The van der Waals surface area contributed by atoms with Crippen LogP contribution in [0.1, 0.15) is 6.42 Å². The van der Waals surface area contributed by atoms with Crippen molar-refractivity contribution in [1.82, 2.24) is 0 Å². The number of hydrogen-bond acceptors (Lipinski definition) is 3.